The topological polar surface area (TPSA) is 42.4 Å². The Hall–Kier alpha value is -1.75. The second-order valence-corrected chi connectivity index (χ2v) is 7.04. The van der Waals surface area contributed by atoms with Crippen LogP contribution in [0.2, 0.25) is 0 Å². The molecule has 1 atom stereocenters. The number of nitrogens with zero attached hydrogens (tertiary/aromatic N) is 2. The highest BCUT2D eigenvalue weighted by molar-refractivity contribution is 7.98. The van der Waals surface area contributed by atoms with E-state index in [9.17, 15) is 4.79 Å². The Morgan fingerprint density at radius 1 is 1.46 bits per heavy atom. The maximum atomic E-state index is 12.1. The van der Waals surface area contributed by atoms with Gasteiger partial charge in [0.05, 0.1) is 18.0 Å². The van der Waals surface area contributed by atoms with Crippen molar-refractivity contribution in [2.24, 2.45) is 5.92 Å². The molecule has 1 aliphatic rings. The summed E-state index contributed by atoms with van der Waals surface area (Å²) in [6.45, 7) is 6.06. The van der Waals surface area contributed by atoms with E-state index in [1.165, 1.54) is 15.8 Å². The summed E-state index contributed by atoms with van der Waals surface area (Å²) in [5.74, 6) is 0.840. The van der Waals surface area contributed by atoms with Crippen LogP contribution < -0.4 is 4.90 Å². The number of para-hydroxylation sites is 1. The third kappa shape index (κ3) is 3.36. The van der Waals surface area contributed by atoms with Crippen LogP contribution in [-0.2, 0) is 9.53 Å². The smallest absolute Gasteiger partial charge is 0.310 e. The number of aromatic nitrogens is 1. The number of piperidine rings is 1. The van der Waals surface area contributed by atoms with Crippen molar-refractivity contribution in [3.05, 3.63) is 29.8 Å². The zero-order valence-corrected chi connectivity index (χ0v) is 15.4. The number of ether oxygens (including phenoxy) is 1. The van der Waals surface area contributed by atoms with Gasteiger partial charge in [0.2, 0.25) is 0 Å². The summed E-state index contributed by atoms with van der Waals surface area (Å²) in [5, 5.41) is 1.20. The van der Waals surface area contributed by atoms with Crippen LogP contribution in [0.15, 0.2) is 29.2 Å². The van der Waals surface area contributed by atoms with Gasteiger partial charge in [0, 0.05) is 23.4 Å². The van der Waals surface area contributed by atoms with Gasteiger partial charge in [0.25, 0.3) is 0 Å². The van der Waals surface area contributed by atoms with Crippen LogP contribution in [0.4, 0.5) is 5.82 Å². The van der Waals surface area contributed by atoms with Gasteiger partial charge in [-0.15, -0.1) is 11.8 Å². The van der Waals surface area contributed by atoms with E-state index in [0.29, 0.717) is 13.2 Å². The first-order valence-corrected chi connectivity index (χ1v) is 9.72. The van der Waals surface area contributed by atoms with E-state index in [1.807, 2.05) is 6.92 Å². The van der Waals surface area contributed by atoms with Crippen molar-refractivity contribution in [2.75, 3.05) is 30.9 Å². The van der Waals surface area contributed by atoms with Crippen molar-refractivity contribution in [3.63, 3.8) is 0 Å². The molecule has 1 aliphatic heterocycles. The second-order valence-electron chi connectivity index (χ2n) is 6.19. The molecule has 0 amide bonds. The third-order valence-corrected chi connectivity index (χ3v) is 5.35. The van der Waals surface area contributed by atoms with Crippen LogP contribution in [0.3, 0.4) is 0 Å². The zero-order chi connectivity index (χ0) is 17.1. The predicted octanol–water partition coefficient (Wildman–Crippen LogP) is 4.04. The number of hydrogen-bond acceptors (Lipinski definition) is 5. The lowest BCUT2D eigenvalue weighted by atomic mass is 9.98. The Balaban J connectivity index is 1.92. The van der Waals surface area contributed by atoms with Crippen LogP contribution in [0.5, 0.6) is 0 Å². The van der Waals surface area contributed by atoms with Gasteiger partial charge in [-0.25, -0.2) is 4.98 Å². The summed E-state index contributed by atoms with van der Waals surface area (Å²) in [6, 6.07) is 8.46. The average Bonchev–Trinajstić information content (AvgIpc) is 2.61. The van der Waals surface area contributed by atoms with Crippen LogP contribution in [0, 0.1) is 12.8 Å². The number of carbonyl (C=O) groups is 1. The fourth-order valence-electron chi connectivity index (χ4n) is 3.34. The highest BCUT2D eigenvalue weighted by Gasteiger charge is 2.27. The summed E-state index contributed by atoms with van der Waals surface area (Å²) in [6.07, 6.45) is 3.97. The summed E-state index contributed by atoms with van der Waals surface area (Å²) in [4.78, 5) is 20.4. The number of rotatable bonds is 4. The molecule has 1 aromatic heterocycles. The van der Waals surface area contributed by atoms with Crippen molar-refractivity contribution in [1.29, 1.82) is 0 Å². The lowest BCUT2D eigenvalue weighted by Crippen LogP contribution is -2.39. The van der Waals surface area contributed by atoms with Crippen LogP contribution in [0.25, 0.3) is 10.9 Å². The molecule has 0 aliphatic carbocycles. The van der Waals surface area contributed by atoms with Gasteiger partial charge in [0.15, 0.2) is 0 Å². The number of carbonyl (C=O) groups excluding carboxylic acids is 1. The van der Waals surface area contributed by atoms with Crippen LogP contribution in [-0.4, -0.2) is 36.9 Å². The Morgan fingerprint density at radius 2 is 2.29 bits per heavy atom. The first-order chi connectivity index (χ1) is 11.6. The molecule has 1 unspecified atom stereocenters. The molecule has 0 saturated carbocycles. The maximum absolute atomic E-state index is 12.1. The Kier molecular flexibility index (Phi) is 5.29. The van der Waals surface area contributed by atoms with E-state index < -0.39 is 0 Å². The van der Waals surface area contributed by atoms with Gasteiger partial charge < -0.3 is 9.64 Å². The van der Waals surface area contributed by atoms with E-state index in [1.54, 1.807) is 11.8 Å². The minimum atomic E-state index is -0.0792. The normalized spacial score (nSPS) is 18.0. The van der Waals surface area contributed by atoms with E-state index >= 15 is 0 Å². The zero-order valence-electron chi connectivity index (χ0n) is 14.5. The van der Waals surface area contributed by atoms with Crippen LogP contribution >= 0.6 is 11.8 Å². The summed E-state index contributed by atoms with van der Waals surface area (Å²) < 4.78 is 5.21. The average molecular weight is 344 g/mol. The molecule has 2 aromatic rings. The Labute approximate surface area is 147 Å². The molecule has 1 saturated heterocycles. The standard InChI is InChI=1S/C19H24N2O2S/c1-4-23-19(22)14-7-6-10-21(12-14)17-11-13(2)15-8-5-9-16(24-3)18(15)20-17/h5,8-9,11,14H,4,6-7,10,12H2,1-3H3. The number of hydrogen-bond donors (Lipinski definition) is 0. The lowest BCUT2D eigenvalue weighted by Gasteiger charge is -2.32. The number of benzene rings is 1. The first kappa shape index (κ1) is 17.1. The van der Waals surface area contributed by atoms with Gasteiger partial charge in [-0.05, 0) is 50.6 Å². The predicted molar refractivity (Wildman–Crippen MR) is 99.8 cm³/mol. The van der Waals surface area contributed by atoms with E-state index in [2.05, 4.69) is 42.3 Å². The van der Waals surface area contributed by atoms with Crippen molar-refractivity contribution < 1.29 is 9.53 Å². The minimum absolute atomic E-state index is 0.0488. The maximum Gasteiger partial charge on any atom is 0.310 e. The number of anilines is 1. The molecular formula is C19H24N2O2S. The summed E-state index contributed by atoms with van der Waals surface area (Å²) in [7, 11) is 0. The molecule has 4 nitrogen and oxygen atoms in total. The van der Waals surface area contributed by atoms with E-state index in [-0.39, 0.29) is 11.9 Å². The largest absolute Gasteiger partial charge is 0.466 e. The number of fused-ring (bicyclic) bond motifs is 1. The molecule has 5 heteroatoms. The van der Waals surface area contributed by atoms with Gasteiger partial charge >= 0.3 is 5.97 Å². The van der Waals surface area contributed by atoms with Crippen molar-refractivity contribution in [2.45, 2.75) is 31.6 Å². The Morgan fingerprint density at radius 3 is 3.04 bits per heavy atom. The summed E-state index contributed by atoms with van der Waals surface area (Å²) >= 11 is 1.72. The van der Waals surface area contributed by atoms with E-state index in [4.69, 9.17) is 9.72 Å². The van der Waals surface area contributed by atoms with Crippen molar-refractivity contribution >= 4 is 34.5 Å². The monoisotopic (exact) mass is 344 g/mol. The fraction of sp³-hybridized carbons (Fsp3) is 0.474. The molecule has 0 N–H and O–H groups in total. The highest BCUT2D eigenvalue weighted by Crippen LogP contribution is 2.31. The molecule has 1 fully saturated rings. The molecule has 0 bridgehead atoms. The quantitative estimate of drug-likeness (QED) is 0.618. The van der Waals surface area contributed by atoms with Crippen LogP contribution in [0.1, 0.15) is 25.3 Å². The van der Waals surface area contributed by atoms with Gasteiger partial charge in [-0.1, -0.05) is 12.1 Å². The number of thioether (sulfide) groups is 1. The highest BCUT2D eigenvalue weighted by atomic mass is 32.2. The summed E-state index contributed by atoms with van der Waals surface area (Å²) in [5.41, 5.74) is 2.28. The van der Waals surface area contributed by atoms with Crippen molar-refractivity contribution in [1.82, 2.24) is 4.98 Å². The Bertz CT molecular complexity index is 747. The van der Waals surface area contributed by atoms with Crippen molar-refractivity contribution in [3.8, 4) is 0 Å². The molecule has 1 aromatic carbocycles. The van der Waals surface area contributed by atoms with Gasteiger partial charge in [-0.3, -0.25) is 4.79 Å². The fourth-order valence-corrected chi connectivity index (χ4v) is 3.90. The lowest BCUT2D eigenvalue weighted by molar-refractivity contribution is -0.148. The number of aryl methyl sites for hydroxylation is 1. The molecule has 2 heterocycles. The molecule has 0 radical (unpaired) electrons. The number of esters is 1. The minimum Gasteiger partial charge on any atom is -0.466 e. The molecule has 128 valence electrons. The molecular weight excluding hydrogens is 320 g/mol. The van der Waals surface area contributed by atoms with Gasteiger partial charge in [-0.2, -0.15) is 0 Å². The van der Waals surface area contributed by atoms with Gasteiger partial charge in [0.1, 0.15) is 5.82 Å². The molecule has 0 spiro atoms. The molecule has 24 heavy (non-hydrogen) atoms. The number of pyridine rings is 1. The van der Waals surface area contributed by atoms with E-state index in [0.717, 1.165) is 30.7 Å². The molecule has 3 rings (SSSR count). The SMILES string of the molecule is CCOC(=O)C1CCCN(c2cc(C)c3cccc(SC)c3n2)C1. The third-order valence-electron chi connectivity index (χ3n) is 4.58. The first-order valence-electron chi connectivity index (χ1n) is 8.50. The second kappa shape index (κ2) is 7.43.